The van der Waals surface area contributed by atoms with Crippen molar-refractivity contribution in [3.05, 3.63) is 35.6 Å². The Labute approximate surface area is 201 Å². The summed E-state index contributed by atoms with van der Waals surface area (Å²) in [5.74, 6) is 1.29. The molecule has 0 bridgehead atoms. The molecule has 178 valence electrons. The molecule has 0 radical (unpaired) electrons. The Kier molecular flexibility index (Phi) is 7.13. The van der Waals surface area contributed by atoms with E-state index < -0.39 is 5.97 Å². The molecule has 2 fully saturated rings. The van der Waals surface area contributed by atoms with Gasteiger partial charge in [-0.05, 0) is 74.1 Å². The fourth-order valence-electron chi connectivity index (χ4n) is 5.05. The van der Waals surface area contributed by atoms with E-state index >= 15 is 0 Å². The van der Waals surface area contributed by atoms with Crippen LogP contribution in [0.1, 0.15) is 59.3 Å². The zero-order valence-electron chi connectivity index (χ0n) is 19.8. The summed E-state index contributed by atoms with van der Waals surface area (Å²) in [6, 6.07) is 7.96. The van der Waals surface area contributed by atoms with Crippen LogP contribution in [0.4, 0.5) is 5.82 Å². The number of anilines is 1. The highest BCUT2D eigenvalue weighted by molar-refractivity contribution is 6.35. The van der Waals surface area contributed by atoms with E-state index in [-0.39, 0.29) is 12.0 Å². The first kappa shape index (κ1) is 23.8. The number of aromatic nitrogens is 2. The van der Waals surface area contributed by atoms with E-state index in [1.54, 1.807) is 0 Å². The van der Waals surface area contributed by atoms with Crippen LogP contribution in [-0.4, -0.2) is 40.2 Å². The minimum atomic E-state index is -0.728. The summed E-state index contributed by atoms with van der Waals surface area (Å²) < 4.78 is 6.26. The van der Waals surface area contributed by atoms with Crippen molar-refractivity contribution in [1.29, 1.82) is 0 Å². The van der Waals surface area contributed by atoms with Crippen LogP contribution in [0.2, 0.25) is 5.02 Å². The predicted octanol–water partition coefficient (Wildman–Crippen LogP) is 6.08. The number of hydrogen-bond donors (Lipinski definition) is 1. The third-order valence-electron chi connectivity index (χ3n) is 7.24. The molecule has 1 aliphatic carbocycles. The lowest BCUT2D eigenvalue weighted by atomic mass is 9.72. The molecule has 2 aliphatic rings. The van der Waals surface area contributed by atoms with Crippen LogP contribution in [0.25, 0.3) is 11.3 Å². The van der Waals surface area contributed by atoms with E-state index in [1.807, 2.05) is 24.3 Å². The normalized spacial score (nSPS) is 22.2. The van der Waals surface area contributed by atoms with E-state index in [0.717, 1.165) is 30.1 Å². The van der Waals surface area contributed by atoms with E-state index in [9.17, 15) is 9.90 Å². The first-order chi connectivity index (χ1) is 15.7. The maximum absolute atomic E-state index is 11.2. The van der Waals surface area contributed by atoms with Crippen LogP contribution in [0.5, 0.6) is 5.75 Å². The molecule has 0 amide bonds. The van der Waals surface area contributed by atoms with E-state index in [1.165, 1.54) is 19.2 Å². The Bertz CT molecular complexity index is 958. The van der Waals surface area contributed by atoms with Crippen molar-refractivity contribution < 1.29 is 14.6 Å². The number of benzene rings is 1. The smallest absolute Gasteiger partial charge is 0.306 e. The lowest BCUT2D eigenvalue weighted by molar-refractivity contribution is -0.142. The van der Waals surface area contributed by atoms with Gasteiger partial charge in [-0.1, -0.05) is 32.4 Å². The van der Waals surface area contributed by atoms with Crippen molar-refractivity contribution in [2.75, 3.05) is 18.0 Å². The van der Waals surface area contributed by atoms with Crippen molar-refractivity contribution in [2.24, 2.45) is 17.3 Å². The minimum absolute atomic E-state index is 0.275. The molecule has 33 heavy (non-hydrogen) atoms. The first-order valence-corrected chi connectivity index (χ1v) is 12.4. The molecule has 1 saturated carbocycles. The number of nitrogens with zero attached hydrogens (tertiary/aromatic N) is 3. The predicted molar refractivity (Wildman–Crippen MR) is 131 cm³/mol. The molecule has 2 aromatic rings. The van der Waals surface area contributed by atoms with Gasteiger partial charge >= 0.3 is 5.97 Å². The fraction of sp³-hybridized carbons (Fsp3) is 0.577. The highest BCUT2D eigenvalue weighted by atomic mass is 35.5. The number of carboxylic acids is 1. The third-order valence-corrected chi connectivity index (χ3v) is 7.59. The number of carboxylic acid groups (broad SMARTS) is 1. The Morgan fingerprint density at radius 2 is 1.67 bits per heavy atom. The molecule has 7 heteroatoms. The average Bonchev–Trinajstić information content (AvgIpc) is 2.80. The van der Waals surface area contributed by atoms with Gasteiger partial charge in [0.2, 0.25) is 0 Å². The molecule has 0 spiro atoms. The number of aliphatic carboxylic acids is 1. The molecular weight excluding hydrogens is 438 g/mol. The highest BCUT2D eigenvalue weighted by Gasteiger charge is 2.30. The lowest BCUT2D eigenvalue weighted by Gasteiger charge is -2.36. The summed E-state index contributed by atoms with van der Waals surface area (Å²) in [4.78, 5) is 22.1. The van der Waals surface area contributed by atoms with Crippen LogP contribution in [0.15, 0.2) is 30.6 Å². The molecule has 1 saturated heterocycles. The lowest BCUT2D eigenvalue weighted by Crippen LogP contribution is -2.37. The molecule has 0 atom stereocenters. The van der Waals surface area contributed by atoms with Gasteiger partial charge in [0.05, 0.1) is 17.7 Å². The second-order valence-electron chi connectivity index (χ2n) is 10.4. The van der Waals surface area contributed by atoms with Crippen molar-refractivity contribution in [3.63, 3.8) is 0 Å². The number of ether oxygens (including phenoxy) is 1. The number of hydrogen-bond acceptors (Lipinski definition) is 5. The van der Waals surface area contributed by atoms with Gasteiger partial charge in [0.1, 0.15) is 17.1 Å². The quantitative estimate of drug-likeness (QED) is 0.569. The third kappa shape index (κ3) is 5.60. The van der Waals surface area contributed by atoms with Crippen LogP contribution in [-0.2, 0) is 4.79 Å². The fourth-order valence-corrected chi connectivity index (χ4v) is 5.38. The number of piperidine rings is 1. The highest BCUT2D eigenvalue weighted by Crippen LogP contribution is 2.39. The number of halogens is 1. The second-order valence-corrected chi connectivity index (χ2v) is 10.8. The first-order valence-electron chi connectivity index (χ1n) is 12.0. The van der Waals surface area contributed by atoms with Gasteiger partial charge in [-0.3, -0.25) is 4.79 Å². The minimum Gasteiger partial charge on any atom is -0.490 e. The maximum Gasteiger partial charge on any atom is 0.306 e. The molecule has 1 N–H and O–H groups in total. The molecular formula is C26H34ClN3O3. The summed E-state index contributed by atoms with van der Waals surface area (Å²) in [6.45, 7) is 8.24. The molecule has 4 rings (SSSR count). The average molecular weight is 472 g/mol. The van der Waals surface area contributed by atoms with Crippen LogP contribution < -0.4 is 9.64 Å². The monoisotopic (exact) mass is 471 g/mol. The van der Waals surface area contributed by atoms with Gasteiger partial charge in [0.15, 0.2) is 5.82 Å². The summed E-state index contributed by atoms with van der Waals surface area (Å²) in [5.41, 5.74) is 1.96. The number of rotatable bonds is 5. The van der Waals surface area contributed by atoms with Gasteiger partial charge in [-0.25, -0.2) is 9.97 Å². The molecule has 0 unspecified atom stereocenters. The number of carbonyl (C=O) groups is 1. The van der Waals surface area contributed by atoms with Crippen molar-refractivity contribution in [3.8, 4) is 17.0 Å². The van der Waals surface area contributed by atoms with Gasteiger partial charge < -0.3 is 14.7 Å². The van der Waals surface area contributed by atoms with E-state index in [2.05, 4.69) is 35.6 Å². The Balaban J connectivity index is 1.40. The van der Waals surface area contributed by atoms with Gasteiger partial charge in [0, 0.05) is 18.7 Å². The maximum atomic E-state index is 11.2. The van der Waals surface area contributed by atoms with Crippen molar-refractivity contribution >= 4 is 23.4 Å². The SMILES string of the molecule is CC(C)(C)[C@H]1CC[C@H](Oc2ccc(-c3ncnc(N4CCC(C(=O)O)CC4)c3Cl)cc2)CC1. The van der Waals surface area contributed by atoms with Crippen LogP contribution in [0.3, 0.4) is 0 Å². The van der Waals surface area contributed by atoms with E-state index in [4.69, 9.17) is 16.3 Å². The molecule has 2 heterocycles. The van der Waals surface area contributed by atoms with Gasteiger partial charge in [0.25, 0.3) is 0 Å². The van der Waals surface area contributed by atoms with Crippen LogP contribution in [0, 0.1) is 17.3 Å². The van der Waals surface area contributed by atoms with Crippen LogP contribution >= 0.6 is 11.6 Å². The molecule has 1 aliphatic heterocycles. The van der Waals surface area contributed by atoms with Gasteiger partial charge in [-0.2, -0.15) is 0 Å². The summed E-state index contributed by atoms with van der Waals surface area (Å²) in [7, 11) is 0. The largest absolute Gasteiger partial charge is 0.490 e. The zero-order valence-corrected chi connectivity index (χ0v) is 20.5. The summed E-state index contributed by atoms with van der Waals surface area (Å²) >= 11 is 6.71. The topological polar surface area (TPSA) is 75.6 Å². The Morgan fingerprint density at radius 1 is 1.03 bits per heavy atom. The Hall–Kier alpha value is -2.34. The summed E-state index contributed by atoms with van der Waals surface area (Å²) in [6.07, 6.45) is 7.62. The van der Waals surface area contributed by atoms with Crippen molar-refractivity contribution in [1.82, 2.24) is 9.97 Å². The zero-order chi connectivity index (χ0) is 23.6. The van der Waals surface area contributed by atoms with Crippen molar-refractivity contribution in [2.45, 2.75) is 65.4 Å². The molecule has 6 nitrogen and oxygen atoms in total. The van der Waals surface area contributed by atoms with E-state index in [0.29, 0.717) is 47.9 Å². The van der Waals surface area contributed by atoms with Gasteiger partial charge in [-0.15, -0.1) is 0 Å². The Morgan fingerprint density at radius 3 is 2.24 bits per heavy atom. The summed E-state index contributed by atoms with van der Waals surface area (Å²) in [5, 5.41) is 9.73. The molecule has 1 aromatic heterocycles. The second kappa shape index (κ2) is 9.88. The standard InChI is InChI=1S/C26H34ClN3O3/c1-26(2,3)19-6-10-21(11-7-19)33-20-8-4-17(5-9-20)23-22(27)24(29-16-28-23)30-14-12-18(13-15-30)25(31)32/h4-5,8-9,16,18-19,21H,6-7,10-15H2,1-3H3,(H,31,32)/t19-,21-. The molecule has 1 aromatic carbocycles.